The second-order valence-corrected chi connectivity index (χ2v) is 11.0. The lowest BCUT2D eigenvalue weighted by atomic mass is 9.55. The van der Waals surface area contributed by atoms with Crippen molar-refractivity contribution in [2.75, 3.05) is 6.61 Å². The van der Waals surface area contributed by atoms with Gasteiger partial charge < -0.3 is 8.92 Å². The van der Waals surface area contributed by atoms with Crippen LogP contribution in [0.15, 0.2) is 12.1 Å². The van der Waals surface area contributed by atoms with Gasteiger partial charge in [-0.2, -0.15) is 18.7 Å². The number of aryl methyl sites for hydroxylation is 2. The molecule has 33 heavy (non-hydrogen) atoms. The van der Waals surface area contributed by atoms with Crippen LogP contribution in [0.25, 0.3) is 0 Å². The van der Waals surface area contributed by atoms with Crippen LogP contribution in [0.2, 0.25) is 0 Å². The van der Waals surface area contributed by atoms with Crippen molar-refractivity contribution in [3.05, 3.63) is 45.8 Å². The van der Waals surface area contributed by atoms with Crippen molar-refractivity contribution in [1.82, 2.24) is 10.2 Å². The first-order valence-electron chi connectivity index (χ1n) is 11.8. The molecule has 0 amide bonds. The molecule has 8 nitrogen and oxygen atoms in total. The SMILES string of the molecule is CCOC(=O)c1n[nH]c2c1CC1C3CCc4cc(OS(N)(=O)=O)c(CC)cc4C3CCC21C. The zero-order valence-electron chi connectivity index (χ0n) is 19.3. The molecule has 3 aliphatic carbocycles. The average Bonchev–Trinajstić information content (AvgIpc) is 3.30. The van der Waals surface area contributed by atoms with Gasteiger partial charge in [-0.1, -0.05) is 19.9 Å². The van der Waals surface area contributed by atoms with Crippen molar-refractivity contribution < 1.29 is 22.1 Å². The number of nitrogens with two attached hydrogens (primary N) is 1. The van der Waals surface area contributed by atoms with E-state index in [9.17, 15) is 13.2 Å². The molecule has 0 spiro atoms. The molecule has 9 heteroatoms. The molecule has 1 saturated carbocycles. The van der Waals surface area contributed by atoms with Gasteiger partial charge in [0.1, 0.15) is 5.75 Å². The first kappa shape index (κ1) is 22.4. The van der Waals surface area contributed by atoms with Crippen LogP contribution in [0.3, 0.4) is 0 Å². The number of hydrogen-bond donors (Lipinski definition) is 2. The number of rotatable bonds is 5. The normalized spacial score (nSPS) is 27.8. The molecule has 1 aromatic heterocycles. The monoisotopic (exact) mass is 473 g/mol. The molecule has 3 N–H and O–H groups in total. The molecule has 4 atom stereocenters. The van der Waals surface area contributed by atoms with Crippen LogP contribution >= 0.6 is 0 Å². The Kier molecular flexibility index (Phi) is 5.32. The molecule has 0 aliphatic heterocycles. The zero-order chi connectivity index (χ0) is 23.5. The summed E-state index contributed by atoms with van der Waals surface area (Å²) in [4.78, 5) is 12.5. The molecule has 178 valence electrons. The Morgan fingerprint density at radius 2 is 2.09 bits per heavy atom. The topological polar surface area (TPSA) is 124 Å². The molecule has 1 fully saturated rings. The molecule has 2 aromatic rings. The van der Waals surface area contributed by atoms with Crippen molar-refractivity contribution in [1.29, 1.82) is 0 Å². The number of aromatic amines is 1. The number of H-pyrrole nitrogens is 1. The fourth-order valence-corrected chi connectivity index (χ4v) is 7.16. The lowest BCUT2D eigenvalue weighted by molar-refractivity contribution is 0.0516. The van der Waals surface area contributed by atoms with Crippen LogP contribution in [0.5, 0.6) is 5.75 Å². The maximum atomic E-state index is 12.5. The molecule has 1 aromatic carbocycles. The Balaban J connectivity index is 1.48. The van der Waals surface area contributed by atoms with E-state index in [2.05, 4.69) is 23.2 Å². The van der Waals surface area contributed by atoms with E-state index in [1.165, 1.54) is 5.56 Å². The fraction of sp³-hybridized carbons (Fsp3) is 0.583. The fourth-order valence-electron chi connectivity index (χ4n) is 6.76. The Labute approximate surface area is 194 Å². The van der Waals surface area contributed by atoms with Crippen molar-refractivity contribution in [3.8, 4) is 5.75 Å². The van der Waals surface area contributed by atoms with Gasteiger partial charge in [0, 0.05) is 16.7 Å². The average molecular weight is 474 g/mol. The molecule has 4 unspecified atom stereocenters. The van der Waals surface area contributed by atoms with Gasteiger partial charge in [-0.3, -0.25) is 5.10 Å². The van der Waals surface area contributed by atoms with Gasteiger partial charge in [0.2, 0.25) is 0 Å². The standard InChI is InChI=1S/C24H31N3O5S/c1-4-13-10-17-14(11-20(13)32-33(25,29)30)6-7-16-15(17)8-9-24(3)19(16)12-18-21(23(28)31-5-2)26-27-22(18)24/h10-11,15-16,19H,4-9,12H2,1-3H3,(H,26,27)(H2,25,29,30). The number of carbonyl (C=O) groups is 1. The number of esters is 1. The summed E-state index contributed by atoms with van der Waals surface area (Å²) in [5.41, 5.74) is 5.86. The van der Waals surface area contributed by atoms with Gasteiger partial charge >= 0.3 is 16.3 Å². The third kappa shape index (κ3) is 3.56. The lowest BCUT2D eigenvalue weighted by Crippen LogP contribution is -2.43. The first-order chi connectivity index (χ1) is 15.7. The lowest BCUT2D eigenvalue weighted by Gasteiger charge is -2.49. The smallest absolute Gasteiger partial charge is 0.380 e. The number of benzene rings is 1. The van der Waals surface area contributed by atoms with Gasteiger partial charge in [-0.25, -0.2) is 4.79 Å². The molecular formula is C24H31N3O5S. The number of carbonyl (C=O) groups excluding carboxylic acids is 1. The van der Waals surface area contributed by atoms with Crippen molar-refractivity contribution >= 4 is 16.3 Å². The third-order valence-corrected chi connectivity index (χ3v) is 8.63. The summed E-state index contributed by atoms with van der Waals surface area (Å²) >= 11 is 0. The van der Waals surface area contributed by atoms with E-state index in [0.717, 1.165) is 54.5 Å². The predicted octanol–water partition coefficient (Wildman–Crippen LogP) is 3.30. The zero-order valence-corrected chi connectivity index (χ0v) is 20.1. The van der Waals surface area contributed by atoms with Crippen LogP contribution < -0.4 is 9.32 Å². The van der Waals surface area contributed by atoms with E-state index in [1.807, 2.05) is 13.0 Å². The molecule has 5 rings (SSSR count). The number of ether oxygens (including phenoxy) is 1. The van der Waals surface area contributed by atoms with Gasteiger partial charge in [0.15, 0.2) is 5.69 Å². The van der Waals surface area contributed by atoms with E-state index < -0.39 is 10.3 Å². The Morgan fingerprint density at radius 3 is 2.79 bits per heavy atom. The Morgan fingerprint density at radius 1 is 1.30 bits per heavy atom. The van der Waals surface area contributed by atoms with Gasteiger partial charge in [-0.05, 0) is 86.0 Å². The molecule has 1 heterocycles. The third-order valence-electron chi connectivity index (χ3n) is 8.21. The van der Waals surface area contributed by atoms with Gasteiger partial charge in [-0.15, -0.1) is 0 Å². The molecular weight excluding hydrogens is 442 g/mol. The van der Waals surface area contributed by atoms with E-state index in [1.54, 1.807) is 6.92 Å². The number of hydrogen-bond acceptors (Lipinski definition) is 6. The number of fused-ring (bicyclic) bond motifs is 7. The summed E-state index contributed by atoms with van der Waals surface area (Å²) in [6.45, 7) is 6.44. The van der Waals surface area contributed by atoms with Crippen molar-refractivity contribution in [2.45, 2.75) is 70.6 Å². The van der Waals surface area contributed by atoms with Crippen LogP contribution in [0.1, 0.15) is 84.4 Å². The summed E-state index contributed by atoms with van der Waals surface area (Å²) in [7, 11) is -4.07. The quantitative estimate of drug-likeness (QED) is 0.642. The predicted molar refractivity (Wildman–Crippen MR) is 122 cm³/mol. The minimum atomic E-state index is -4.07. The Hall–Kier alpha value is -2.39. The summed E-state index contributed by atoms with van der Waals surface area (Å²) in [5.74, 6) is 1.31. The highest BCUT2D eigenvalue weighted by molar-refractivity contribution is 7.84. The largest absolute Gasteiger partial charge is 0.461 e. The Bertz CT molecular complexity index is 1220. The van der Waals surface area contributed by atoms with Crippen LogP contribution in [-0.2, 0) is 39.7 Å². The van der Waals surface area contributed by atoms with E-state index in [4.69, 9.17) is 14.1 Å². The summed E-state index contributed by atoms with van der Waals surface area (Å²) in [5, 5.41) is 12.7. The summed E-state index contributed by atoms with van der Waals surface area (Å²) < 4.78 is 33.4. The highest BCUT2D eigenvalue weighted by atomic mass is 32.2. The number of nitrogens with zero attached hydrogens (tertiary/aromatic N) is 1. The molecule has 0 radical (unpaired) electrons. The maximum Gasteiger partial charge on any atom is 0.380 e. The van der Waals surface area contributed by atoms with E-state index in [0.29, 0.717) is 42.2 Å². The second-order valence-electron chi connectivity index (χ2n) is 9.81. The minimum absolute atomic E-state index is 0.0317. The number of aromatic nitrogens is 2. The highest BCUT2D eigenvalue weighted by Crippen LogP contribution is 2.60. The summed E-state index contributed by atoms with van der Waals surface area (Å²) in [6.07, 6.45) is 5.43. The van der Waals surface area contributed by atoms with Crippen LogP contribution in [0, 0.1) is 11.8 Å². The van der Waals surface area contributed by atoms with Gasteiger partial charge in [0.05, 0.1) is 6.61 Å². The van der Waals surface area contributed by atoms with Gasteiger partial charge in [0.25, 0.3) is 0 Å². The van der Waals surface area contributed by atoms with E-state index in [-0.39, 0.29) is 11.4 Å². The maximum absolute atomic E-state index is 12.5. The van der Waals surface area contributed by atoms with Crippen LogP contribution in [-0.4, -0.2) is 31.2 Å². The van der Waals surface area contributed by atoms with Crippen molar-refractivity contribution in [3.63, 3.8) is 0 Å². The van der Waals surface area contributed by atoms with Crippen molar-refractivity contribution in [2.24, 2.45) is 17.0 Å². The second kappa shape index (κ2) is 7.84. The highest BCUT2D eigenvalue weighted by Gasteiger charge is 2.55. The molecule has 0 bridgehead atoms. The minimum Gasteiger partial charge on any atom is -0.461 e. The summed E-state index contributed by atoms with van der Waals surface area (Å²) in [6, 6.07) is 4.01. The van der Waals surface area contributed by atoms with E-state index >= 15 is 0 Å². The first-order valence-corrected chi connectivity index (χ1v) is 13.3. The number of nitrogens with one attached hydrogen (secondary N) is 1. The molecule has 0 saturated heterocycles. The molecule has 3 aliphatic rings. The van der Waals surface area contributed by atoms with Crippen LogP contribution in [0.4, 0.5) is 0 Å².